The van der Waals surface area contributed by atoms with E-state index in [2.05, 4.69) is 12.2 Å². The molecule has 1 saturated heterocycles. The summed E-state index contributed by atoms with van der Waals surface area (Å²) in [6.07, 6.45) is 8.66. The molecule has 0 radical (unpaired) electrons. The van der Waals surface area contributed by atoms with Gasteiger partial charge in [0.1, 0.15) is 5.60 Å². The first-order valence-corrected chi connectivity index (χ1v) is 9.08. The van der Waals surface area contributed by atoms with Crippen molar-refractivity contribution < 1.29 is 9.53 Å². The molecule has 2 rings (SSSR count). The van der Waals surface area contributed by atoms with Crippen molar-refractivity contribution in [2.24, 2.45) is 5.92 Å². The topological polar surface area (TPSA) is 41.6 Å². The minimum Gasteiger partial charge on any atom is -0.444 e. The number of carbonyl (C=O) groups excluding carboxylic acids is 1. The monoisotopic (exact) mass is 310 g/mol. The molecule has 0 bridgehead atoms. The van der Waals surface area contributed by atoms with E-state index in [0.29, 0.717) is 12.1 Å². The molecule has 2 unspecified atom stereocenters. The minimum atomic E-state index is -0.406. The van der Waals surface area contributed by atoms with Crippen molar-refractivity contribution in [3.05, 3.63) is 0 Å². The fourth-order valence-electron chi connectivity index (χ4n) is 3.72. The Balaban J connectivity index is 1.76. The Bertz CT molecular complexity index is 359. The van der Waals surface area contributed by atoms with Crippen LogP contribution in [0.2, 0.25) is 0 Å². The van der Waals surface area contributed by atoms with Gasteiger partial charge >= 0.3 is 6.09 Å². The number of rotatable bonds is 5. The maximum absolute atomic E-state index is 12.3. The SMILES string of the molecule is CC(CC1CCCN1C(=O)OC(C)(C)C)NCC1CCCC1. The van der Waals surface area contributed by atoms with Crippen molar-refractivity contribution >= 4 is 6.09 Å². The molecule has 128 valence electrons. The van der Waals surface area contributed by atoms with Crippen LogP contribution < -0.4 is 5.32 Å². The predicted octanol–water partition coefficient (Wildman–Crippen LogP) is 3.94. The zero-order chi connectivity index (χ0) is 16.2. The molecule has 4 nitrogen and oxygen atoms in total. The van der Waals surface area contributed by atoms with E-state index in [9.17, 15) is 4.79 Å². The Kier molecular flexibility index (Phi) is 6.13. The van der Waals surface area contributed by atoms with E-state index in [1.807, 2.05) is 25.7 Å². The number of nitrogens with one attached hydrogen (secondary N) is 1. The van der Waals surface area contributed by atoms with Crippen molar-refractivity contribution in [2.45, 2.75) is 90.3 Å². The molecule has 1 amide bonds. The summed E-state index contributed by atoms with van der Waals surface area (Å²) in [5.74, 6) is 0.869. The van der Waals surface area contributed by atoms with Gasteiger partial charge in [0.2, 0.25) is 0 Å². The van der Waals surface area contributed by atoms with Crippen molar-refractivity contribution in [2.75, 3.05) is 13.1 Å². The lowest BCUT2D eigenvalue weighted by molar-refractivity contribution is 0.0214. The molecule has 0 spiro atoms. The quantitative estimate of drug-likeness (QED) is 0.836. The summed E-state index contributed by atoms with van der Waals surface area (Å²) in [7, 11) is 0. The van der Waals surface area contributed by atoms with Gasteiger partial charge in [-0.25, -0.2) is 4.79 Å². The fourth-order valence-corrected chi connectivity index (χ4v) is 3.72. The molecule has 0 aromatic rings. The van der Waals surface area contributed by atoms with Crippen LogP contribution in [0.5, 0.6) is 0 Å². The van der Waals surface area contributed by atoms with Crippen LogP contribution in [0.15, 0.2) is 0 Å². The smallest absolute Gasteiger partial charge is 0.410 e. The van der Waals surface area contributed by atoms with Crippen molar-refractivity contribution in [1.29, 1.82) is 0 Å². The Hall–Kier alpha value is -0.770. The predicted molar refractivity (Wildman–Crippen MR) is 90.0 cm³/mol. The lowest BCUT2D eigenvalue weighted by Crippen LogP contribution is -2.43. The van der Waals surface area contributed by atoms with E-state index in [0.717, 1.165) is 38.3 Å². The number of carbonyl (C=O) groups is 1. The molecule has 1 N–H and O–H groups in total. The Labute approximate surface area is 136 Å². The molecule has 0 aromatic carbocycles. The van der Waals surface area contributed by atoms with Crippen molar-refractivity contribution in [3.63, 3.8) is 0 Å². The third-order valence-electron chi connectivity index (χ3n) is 4.86. The second kappa shape index (κ2) is 7.67. The van der Waals surface area contributed by atoms with Gasteiger partial charge in [0, 0.05) is 18.6 Å². The normalized spacial score (nSPS) is 24.7. The molecule has 2 atom stereocenters. The molecule has 1 saturated carbocycles. The summed E-state index contributed by atoms with van der Waals surface area (Å²) in [4.78, 5) is 14.2. The summed E-state index contributed by atoms with van der Waals surface area (Å²) in [6.45, 7) is 10.0. The van der Waals surface area contributed by atoms with Crippen LogP contribution in [0.4, 0.5) is 4.79 Å². The largest absolute Gasteiger partial charge is 0.444 e. The van der Waals surface area contributed by atoms with Crippen molar-refractivity contribution in [1.82, 2.24) is 10.2 Å². The number of amides is 1. The van der Waals surface area contributed by atoms with Crippen LogP contribution in [0.3, 0.4) is 0 Å². The first kappa shape index (κ1) is 17.6. The van der Waals surface area contributed by atoms with Gasteiger partial charge in [-0.05, 0) is 72.3 Å². The van der Waals surface area contributed by atoms with Gasteiger partial charge in [0.15, 0.2) is 0 Å². The summed E-state index contributed by atoms with van der Waals surface area (Å²) < 4.78 is 5.54. The maximum atomic E-state index is 12.3. The van der Waals surface area contributed by atoms with E-state index in [4.69, 9.17) is 4.74 Å². The summed E-state index contributed by atoms with van der Waals surface area (Å²) >= 11 is 0. The Morgan fingerprint density at radius 1 is 1.23 bits per heavy atom. The zero-order valence-corrected chi connectivity index (χ0v) is 14.9. The summed E-state index contributed by atoms with van der Waals surface area (Å²) in [5.41, 5.74) is -0.406. The Morgan fingerprint density at radius 2 is 1.91 bits per heavy atom. The second-order valence-corrected chi connectivity index (χ2v) is 8.17. The van der Waals surface area contributed by atoms with Gasteiger partial charge in [0.05, 0.1) is 0 Å². The maximum Gasteiger partial charge on any atom is 0.410 e. The van der Waals surface area contributed by atoms with Crippen LogP contribution in [-0.2, 0) is 4.74 Å². The number of hydrogen-bond donors (Lipinski definition) is 1. The van der Waals surface area contributed by atoms with Gasteiger partial charge in [-0.15, -0.1) is 0 Å². The van der Waals surface area contributed by atoms with Crippen LogP contribution in [0.25, 0.3) is 0 Å². The van der Waals surface area contributed by atoms with Gasteiger partial charge in [-0.1, -0.05) is 12.8 Å². The highest BCUT2D eigenvalue weighted by Gasteiger charge is 2.32. The van der Waals surface area contributed by atoms with E-state index >= 15 is 0 Å². The number of ether oxygens (including phenoxy) is 1. The molecule has 1 aliphatic carbocycles. The van der Waals surface area contributed by atoms with Crippen molar-refractivity contribution in [3.8, 4) is 0 Å². The average molecular weight is 310 g/mol. The molecule has 2 aliphatic rings. The lowest BCUT2D eigenvalue weighted by Gasteiger charge is -2.30. The third kappa shape index (κ3) is 5.45. The minimum absolute atomic E-state index is 0.141. The molecule has 2 fully saturated rings. The molecule has 1 aliphatic heterocycles. The first-order chi connectivity index (χ1) is 10.3. The highest BCUT2D eigenvalue weighted by atomic mass is 16.6. The highest BCUT2D eigenvalue weighted by molar-refractivity contribution is 5.68. The fraction of sp³-hybridized carbons (Fsp3) is 0.944. The van der Waals surface area contributed by atoms with Gasteiger partial charge in [-0.3, -0.25) is 0 Å². The van der Waals surface area contributed by atoms with Crippen LogP contribution in [0, 0.1) is 5.92 Å². The number of hydrogen-bond acceptors (Lipinski definition) is 3. The van der Waals surface area contributed by atoms with Crippen LogP contribution in [0.1, 0.15) is 72.6 Å². The average Bonchev–Trinajstić information content (AvgIpc) is 3.05. The molecule has 1 heterocycles. The highest BCUT2D eigenvalue weighted by Crippen LogP contribution is 2.26. The molecule has 22 heavy (non-hydrogen) atoms. The summed E-state index contributed by atoms with van der Waals surface area (Å²) in [5, 5.41) is 3.68. The van der Waals surface area contributed by atoms with Crippen LogP contribution in [-0.4, -0.2) is 41.8 Å². The third-order valence-corrected chi connectivity index (χ3v) is 4.86. The lowest BCUT2D eigenvalue weighted by atomic mass is 10.0. The van der Waals surface area contributed by atoms with Gasteiger partial charge in [-0.2, -0.15) is 0 Å². The second-order valence-electron chi connectivity index (χ2n) is 8.17. The molecule has 0 aromatic heterocycles. The van der Waals surface area contributed by atoms with Crippen LogP contribution >= 0.6 is 0 Å². The molecular weight excluding hydrogens is 276 g/mol. The number of nitrogens with zero attached hydrogens (tertiary/aromatic N) is 1. The van der Waals surface area contributed by atoms with Gasteiger partial charge < -0.3 is 15.0 Å². The molecule has 4 heteroatoms. The van der Waals surface area contributed by atoms with Gasteiger partial charge in [0.25, 0.3) is 0 Å². The Morgan fingerprint density at radius 3 is 2.55 bits per heavy atom. The standard InChI is InChI=1S/C18H34N2O2/c1-14(19-13-15-8-5-6-9-15)12-16-10-7-11-20(16)17(21)22-18(2,3)4/h14-16,19H,5-13H2,1-4H3. The van der Waals surface area contributed by atoms with E-state index in [1.165, 1.54) is 25.7 Å². The number of likely N-dealkylation sites (tertiary alicyclic amines) is 1. The van der Waals surface area contributed by atoms with E-state index < -0.39 is 5.60 Å². The molecular formula is C18H34N2O2. The first-order valence-electron chi connectivity index (χ1n) is 9.08. The zero-order valence-electron chi connectivity index (χ0n) is 14.9. The van der Waals surface area contributed by atoms with E-state index in [-0.39, 0.29) is 6.09 Å². The summed E-state index contributed by atoms with van der Waals surface area (Å²) in [6, 6.07) is 0.801. The van der Waals surface area contributed by atoms with E-state index in [1.54, 1.807) is 0 Å².